The first-order chi connectivity index (χ1) is 16.3. The Morgan fingerprint density at radius 2 is 1.47 bits per heavy atom. The molecule has 0 N–H and O–H groups in total. The fourth-order valence-corrected chi connectivity index (χ4v) is 5.87. The number of aryl methyl sites for hydroxylation is 1. The predicted octanol–water partition coefficient (Wildman–Crippen LogP) is 4.45. The summed E-state index contributed by atoms with van der Waals surface area (Å²) in [7, 11) is 0. The quantitative estimate of drug-likeness (QED) is 0.372. The summed E-state index contributed by atoms with van der Waals surface area (Å²) in [6, 6.07) is 20.6. The van der Waals surface area contributed by atoms with E-state index in [1.54, 1.807) is 54.6 Å². The summed E-state index contributed by atoms with van der Waals surface area (Å²) >= 11 is 3.43. The molecule has 1 aliphatic carbocycles. The Morgan fingerprint density at radius 1 is 0.824 bits per heavy atom. The number of nitrogens with zero attached hydrogens (tertiary/aromatic N) is 1. The molecule has 34 heavy (non-hydrogen) atoms. The molecule has 6 nitrogen and oxygen atoms in total. The number of benzene rings is 3. The topological polar surface area (TPSA) is 80.8 Å². The van der Waals surface area contributed by atoms with E-state index in [4.69, 9.17) is 4.74 Å². The minimum atomic E-state index is -2.06. The second-order valence-corrected chi connectivity index (χ2v) is 9.80. The molecule has 2 saturated heterocycles. The highest BCUT2D eigenvalue weighted by Crippen LogP contribution is 2.57. The van der Waals surface area contributed by atoms with Gasteiger partial charge in [0, 0.05) is 15.6 Å². The van der Waals surface area contributed by atoms with Gasteiger partial charge in [-0.1, -0.05) is 70.0 Å². The fraction of sp³-hybridized carbons (Fsp3) is 0.185. The van der Waals surface area contributed by atoms with Gasteiger partial charge in [-0.05, 0) is 36.8 Å². The molecule has 168 valence electrons. The molecule has 2 aliphatic heterocycles. The zero-order chi connectivity index (χ0) is 23.8. The Kier molecular flexibility index (Phi) is 4.53. The van der Waals surface area contributed by atoms with Crippen molar-refractivity contribution in [1.82, 2.24) is 0 Å². The predicted molar refractivity (Wildman–Crippen MR) is 126 cm³/mol. The van der Waals surface area contributed by atoms with E-state index in [0.717, 1.165) is 14.9 Å². The maximum atomic E-state index is 13.8. The van der Waals surface area contributed by atoms with E-state index in [2.05, 4.69) is 15.9 Å². The molecule has 2 heterocycles. The van der Waals surface area contributed by atoms with Crippen LogP contribution in [-0.2, 0) is 14.3 Å². The summed E-state index contributed by atoms with van der Waals surface area (Å²) in [6.07, 6.45) is -0.934. The molecule has 1 spiro atoms. The van der Waals surface area contributed by atoms with Crippen LogP contribution in [0.5, 0.6) is 0 Å². The third-order valence-corrected chi connectivity index (χ3v) is 7.48. The van der Waals surface area contributed by atoms with E-state index >= 15 is 0 Å². The number of ether oxygens (including phenoxy) is 1. The average molecular weight is 516 g/mol. The molecule has 2 amide bonds. The molecule has 3 aromatic rings. The fourth-order valence-electron chi connectivity index (χ4n) is 5.45. The van der Waals surface area contributed by atoms with Crippen molar-refractivity contribution in [2.45, 2.75) is 18.6 Å². The van der Waals surface area contributed by atoms with Gasteiger partial charge in [0.15, 0.2) is 0 Å². The number of amides is 2. The molecule has 0 saturated carbocycles. The summed E-state index contributed by atoms with van der Waals surface area (Å²) < 4.78 is 7.04. The molecule has 6 rings (SSSR count). The second kappa shape index (κ2) is 7.29. The number of fused-ring (bicyclic) bond motifs is 3. The van der Waals surface area contributed by atoms with Gasteiger partial charge in [-0.25, -0.2) is 4.90 Å². The highest BCUT2D eigenvalue weighted by molar-refractivity contribution is 9.10. The van der Waals surface area contributed by atoms with E-state index in [-0.39, 0.29) is 11.1 Å². The lowest BCUT2D eigenvalue weighted by Crippen LogP contribution is -2.51. The number of halogens is 1. The lowest BCUT2D eigenvalue weighted by molar-refractivity contribution is -0.127. The van der Waals surface area contributed by atoms with Gasteiger partial charge in [-0.2, -0.15) is 0 Å². The number of hydrogen-bond acceptors (Lipinski definition) is 5. The van der Waals surface area contributed by atoms with Gasteiger partial charge in [0.05, 0.1) is 23.6 Å². The smallest absolute Gasteiger partial charge is 0.241 e. The summed E-state index contributed by atoms with van der Waals surface area (Å²) in [4.78, 5) is 56.2. The molecule has 0 radical (unpaired) electrons. The minimum Gasteiger partial charge on any atom is -0.349 e. The van der Waals surface area contributed by atoms with Crippen LogP contribution in [0.25, 0.3) is 0 Å². The molecule has 0 unspecified atom stereocenters. The third kappa shape index (κ3) is 2.65. The van der Waals surface area contributed by atoms with Crippen molar-refractivity contribution in [3.63, 3.8) is 0 Å². The summed E-state index contributed by atoms with van der Waals surface area (Å²) in [5, 5.41) is 0. The van der Waals surface area contributed by atoms with Crippen LogP contribution in [0, 0.1) is 18.8 Å². The monoisotopic (exact) mass is 515 g/mol. The van der Waals surface area contributed by atoms with Gasteiger partial charge in [0.2, 0.25) is 29.0 Å². The number of imide groups is 1. The van der Waals surface area contributed by atoms with Gasteiger partial charge < -0.3 is 4.74 Å². The van der Waals surface area contributed by atoms with Gasteiger partial charge in [-0.15, -0.1) is 0 Å². The Hall–Kier alpha value is -3.42. The maximum Gasteiger partial charge on any atom is 0.241 e. The summed E-state index contributed by atoms with van der Waals surface area (Å²) in [5.74, 6) is -4.45. The minimum absolute atomic E-state index is 0.218. The van der Waals surface area contributed by atoms with Crippen LogP contribution >= 0.6 is 15.9 Å². The molecule has 3 aromatic carbocycles. The summed E-state index contributed by atoms with van der Waals surface area (Å²) in [6.45, 7) is 1.91. The Bertz CT molecular complexity index is 1380. The second-order valence-electron chi connectivity index (χ2n) is 8.88. The zero-order valence-electron chi connectivity index (χ0n) is 18.0. The summed E-state index contributed by atoms with van der Waals surface area (Å²) in [5.41, 5.74) is 0.378. The van der Waals surface area contributed by atoms with Crippen LogP contribution in [0.3, 0.4) is 0 Å². The number of rotatable bonds is 2. The van der Waals surface area contributed by atoms with Crippen LogP contribution in [0.1, 0.15) is 37.9 Å². The lowest BCUT2D eigenvalue weighted by Gasteiger charge is -2.27. The first kappa shape index (κ1) is 21.1. The molecule has 0 aromatic heterocycles. The molecule has 3 atom stereocenters. The number of Topliss-reactive ketones (excluding diaryl/α,β-unsaturated/α-hetero) is 2. The molecule has 7 heteroatoms. The van der Waals surface area contributed by atoms with Crippen molar-refractivity contribution in [3.8, 4) is 0 Å². The molecule has 0 bridgehead atoms. The van der Waals surface area contributed by atoms with Crippen LogP contribution in [-0.4, -0.2) is 29.0 Å². The SMILES string of the molecule is Cc1ccc(N2C(=O)[C@@H]3[C@@H](C2=O)C2(O[C@H]3c3cccc(Br)c3)C(=O)c3ccccc3C2=O)cc1. The van der Waals surface area contributed by atoms with Crippen LogP contribution in [0.2, 0.25) is 0 Å². The van der Waals surface area contributed by atoms with Crippen molar-refractivity contribution in [1.29, 1.82) is 0 Å². The highest BCUT2D eigenvalue weighted by Gasteiger charge is 2.74. The van der Waals surface area contributed by atoms with E-state index < -0.39 is 46.9 Å². The van der Waals surface area contributed by atoms with Crippen LogP contribution in [0.15, 0.2) is 77.3 Å². The van der Waals surface area contributed by atoms with E-state index in [9.17, 15) is 19.2 Å². The van der Waals surface area contributed by atoms with Crippen LogP contribution < -0.4 is 4.90 Å². The van der Waals surface area contributed by atoms with E-state index in [1.807, 2.05) is 25.1 Å². The van der Waals surface area contributed by atoms with Gasteiger partial charge >= 0.3 is 0 Å². The number of hydrogen-bond donors (Lipinski definition) is 0. The van der Waals surface area contributed by atoms with Gasteiger partial charge in [-0.3, -0.25) is 19.2 Å². The first-order valence-corrected chi connectivity index (χ1v) is 11.7. The van der Waals surface area contributed by atoms with Crippen molar-refractivity contribution in [2.24, 2.45) is 11.8 Å². The number of carbonyl (C=O) groups is 4. The first-order valence-electron chi connectivity index (χ1n) is 10.9. The third-order valence-electron chi connectivity index (χ3n) is 6.99. The lowest BCUT2D eigenvalue weighted by atomic mass is 9.77. The zero-order valence-corrected chi connectivity index (χ0v) is 19.6. The number of carbonyl (C=O) groups excluding carboxylic acids is 4. The highest BCUT2D eigenvalue weighted by atomic mass is 79.9. The maximum absolute atomic E-state index is 13.8. The molecular weight excluding hydrogens is 498 g/mol. The standard InChI is InChI=1S/C27H18BrNO5/c1-14-9-11-17(12-10-14)29-25(32)20-21(26(29)33)27(34-22(20)15-5-4-6-16(28)13-15)23(30)18-7-2-3-8-19(18)24(27)31/h2-13,20-22H,1H3/t20-,21+,22+/m1/s1. The van der Waals surface area contributed by atoms with E-state index in [0.29, 0.717) is 11.3 Å². The molecular formula is C27H18BrNO5. The average Bonchev–Trinajstić information content (AvgIpc) is 3.40. The Labute approximate surface area is 203 Å². The molecule has 3 aliphatic rings. The number of ketones is 2. The van der Waals surface area contributed by atoms with Crippen LogP contribution in [0.4, 0.5) is 5.69 Å². The van der Waals surface area contributed by atoms with Gasteiger partial charge in [0.25, 0.3) is 0 Å². The van der Waals surface area contributed by atoms with Crippen molar-refractivity contribution in [3.05, 3.63) is 99.5 Å². The van der Waals surface area contributed by atoms with Gasteiger partial charge in [0.1, 0.15) is 0 Å². The van der Waals surface area contributed by atoms with Crippen molar-refractivity contribution < 1.29 is 23.9 Å². The normalized spacial score (nSPS) is 24.8. The Balaban J connectivity index is 1.55. The van der Waals surface area contributed by atoms with E-state index in [1.165, 1.54) is 0 Å². The Morgan fingerprint density at radius 3 is 2.09 bits per heavy atom. The van der Waals surface area contributed by atoms with Crippen molar-refractivity contribution in [2.75, 3.05) is 4.90 Å². The number of anilines is 1. The largest absolute Gasteiger partial charge is 0.349 e. The molecule has 2 fully saturated rings. The van der Waals surface area contributed by atoms with Crippen molar-refractivity contribution >= 4 is 45.0 Å².